The van der Waals surface area contributed by atoms with E-state index in [0.29, 0.717) is 24.7 Å². The molecule has 0 bridgehead atoms. The topological polar surface area (TPSA) is 64.6 Å². The van der Waals surface area contributed by atoms with Crippen LogP contribution in [0.3, 0.4) is 0 Å². The van der Waals surface area contributed by atoms with Crippen molar-refractivity contribution in [3.05, 3.63) is 29.3 Å². The minimum absolute atomic E-state index is 0.192. The van der Waals surface area contributed by atoms with Crippen molar-refractivity contribution in [2.75, 3.05) is 19.8 Å². The van der Waals surface area contributed by atoms with E-state index in [4.69, 9.17) is 21.1 Å². The molecule has 1 saturated heterocycles. The fourth-order valence-electron chi connectivity index (χ4n) is 1.93. The number of sulfonamides is 1. The Hall–Kier alpha value is -0.660. The van der Waals surface area contributed by atoms with Gasteiger partial charge in [-0.2, -0.15) is 0 Å². The first-order valence-electron chi connectivity index (χ1n) is 6.44. The molecule has 1 aromatic carbocycles. The quantitative estimate of drug-likeness (QED) is 0.903. The highest BCUT2D eigenvalue weighted by Gasteiger charge is 2.29. The fourth-order valence-corrected chi connectivity index (χ4v) is 3.09. The Morgan fingerprint density at radius 2 is 1.85 bits per heavy atom. The molecule has 0 amide bonds. The van der Waals surface area contributed by atoms with Gasteiger partial charge < -0.3 is 9.47 Å². The number of nitrogens with one attached hydrogen (secondary N) is 1. The summed E-state index contributed by atoms with van der Waals surface area (Å²) < 4.78 is 37.7. The van der Waals surface area contributed by atoms with Crippen LogP contribution in [0.15, 0.2) is 29.2 Å². The number of hydrogen-bond acceptors (Lipinski definition) is 4. The Morgan fingerprint density at radius 1 is 1.25 bits per heavy atom. The molecule has 2 rings (SSSR count). The summed E-state index contributed by atoms with van der Waals surface area (Å²) in [6, 6.07) is 6.04. The second-order valence-electron chi connectivity index (χ2n) is 4.79. The predicted molar refractivity (Wildman–Crippen MR) is 76.2 cm³/mol. The molecular formula is C13H18ClNO4S. The van der Waals surface area contributed by atoms with Gasteiger partial charge in [0, 0.05) is 18.0 Å². The molecule has 20 heavy (non-hydrogen) atoms. The van der Waals surface area contributed by atoms with Gasteiger partial charge in [0.25, 0.3) is 0 Å². The van der Waals surface area contributed by atoms with Crippen molar-refractivity contribution in [3.63, 3.8) is 0 Å². The standard InChI is InChI=1S/C13H18ClNO4S/c1-13(18-9-2-10-19-13)7-8-15-20(16,17)12-5-3-11(14)4-6-12/h3-6,15H,2,7-10H2,1H3. The predicted octanol–water partition coefficient (Wildman–Crippen LogP) is 2.16. The third-order valence-electron chi connectivity index (χ3n) is 3.10. The lowest BCUT2D eigenvalue weighted by molar-refractivity contribution is -0.257. The number of halogens is 1. The molecule has 1 aliphatic heterocycles. The first-order valence-corrected chi connectivity index (χ1v) is 8.31. The third-order valence-corrected chi connectivity index (χ3v) is 4.83. The van der Waals surface area contributed by atoms with Crippen molar-refractivity contribution >= 4 is 21.6 Å². The molecule has 0 aliphatic carbocycles. The Labute approximate surface area is 124 Å². The minimum Gasteiger partial charge on any atom is -0.350 e. The van der Waals surface area contributed by atoms with Crippen LogP contribution in [0.4, 0.5) is 0 Å². The SMILES string of the molecule is CC1(CCNS(=O)(=O)c2ccc(Cl)cc2)OCCCO1. The largest absolute Gasteiger partial charge is 0.350 e. The number of rotatable bonds is 5. The summed E-state index contributed by atoms with van der Waals surface area (Å²) in [4.78, 5) is 0.192. The van der Waals surface area contributed by atoms with E-state index in [0.717, 1.165) is 6.42 Å². The van der Waals surface area contributed by atoms with E-state index >= 15 is 0 Å². The van der Waals surface area contributed by atoms with Gasteiger partial charge in [-0.05, 0) is 37.6 Å². The lowest BCUT2D eigenvalue weighted by atomic mass is 10.2. The third kappa shape index (κ3) is 4.17. The smallest absolute Gasteiger partial charge is 0.240 e. The van der Waals surface area contributed by atoms with Gasteiger partial charge in [-0.15, -0.1) is 0 Å². The number of ether oxygens (including phenoxy) is 2. The molecule has 0 atom stereocenters. The van der Waals surface area contributed by atoms with Crippen LogP contribution in [0, 0.1) is 0 Å². The molecule has 1 heterocycles. The van der Waals surface area contributed by atoms with E-state index in [-0.39, 0.29) is 11.4 Å². The van der Waals surface area contributed by atoms with Gasteiger partial charge in [0.2, 0.25) is 10.0 Å². The van der Waals surface area contributed by atoms with Gasteiger partial charge in [-0.25, -0.2) is 13.1 Å². The van der Waals surface area contributed by atoms with Crippen molar-refractivity contribution in [3.8, 4) is 0 Å². The Bertz CT molecular complexity index is 538. The molecule has 7 heteroatoms. The second kappa shape index (κ2) is 6.41. The first kappa shape index (κ1) is 15.7. The average Bonchev–Trinajstić information content (AvgIpc) is 2.39. The number of benzene rings is 1. The van der Waals surface area contributed by atoms with Gasteiger partial charge in [0.15, 0.2) is 5.79 Å². The summed E-state index contributed by atoms with van der Waals surface area (Å²) in [6.07, 6.45) is 1.33. The maximum absolute atomic E-state index is 12.1. The first-order chi connectivity index (χ1) is 9.41. The summed E-state index contributed by atoms with van der Waals surface area (Å²) in [5, 5.41) is 0.500. The van der Waals surface area contributed by atoms with E-state index in [2.05, 4.69) is 4.72 Å². The molecule has 1 fully saturated rings. The van der Waals surface area contributed by atoms with Crippen LogP contribution in [0.1, 0.15) is 19.8 Å². The Balaban J connectivity index is 1.91. The molecule has 0 unspecified atom stereocenters. The van der Waals surface area contributed by atoms with Crippen molar-refractivity contribution in [2.24, 2.45) is 0 Å². The van der Waals surface area contributed by atoms with Gasteiger partial charge in [0.05, 0.1) is 18.1 Å². The van der Waals surface area contributed by atoms with Crippen molar-refractivity contribution in [1.29, 1.82) is 0 Å². The molecule has 0 aromatic heterocycles. The zero-order chi connectivity index (χ0) is 14.6. The van der Waals surface area contributed by atoms with Crippen LogP contribution in [-0.4, -0.2) is 34.0 Å². The van der Waals surface area contributed by atoms with E-state index in [9.17, 15) is 8.42 Å². The summed E-state index contributed by atoms with van der Waals surface area (Å²) in [5.74, 6) is -0.708. The Morgan fingerprint density at radius 3 is 2.45 bits per heavy atom. The van der Waals surface area contributed by atoms with Gasteiger partial charge >= 0.3 is 0 Å². The lowest BCUT2D eigenvalue weighted by Crippen LogP contribution is -2.40. The van der Waals surface area contributed by atoms with Crippen LogP contribution < -0.4 is 4.72 Å². The molecule has 5 nitrogen and oxygen atoms in total. The minimum atomic E-state index is -3.52. The average molecular weight is 320 g/mol. The van der Waals surface area contributed by atoms with Crippen molar-refractivity contribution in [2.45, 2.75) is 30.4 Å². The highest BCUT2D eigenvalue weighted by Crippen LogP contribution is 2.22. The molecule has 1 aromatic rings. The summed E-state index contributed by atoms with van der Waals surface area (Å²) in [7, 11) is -3.52. The fraction of sp³-hybridized carbons (Fsp3) is 0.538. The highest BCUT2D eigenvalue weighted by molar-refractivity contribution is 7.89. The van der Waals surface area contributed by atoms with Crippen LogP contribution in [0.25, 0.3) is 0 Å². The second-order valence-corrected chi connectivity index (χ2v) is 6.99. The van der Waals surface area contributed by atoms with E-state index in [1.807, 2.05) is 6.92 Å². The van der Waals surface area contributed by atoms with Crippen LogP contribution in [0.2, 0.25) is 5.02 Å². The summed E-state index contributed by atoms with van der Waals surface area (Å²) in [6.45, 7) is 3.35. The van der Waals surface area contributed by atoms with E-state index in [1.54, 1.807) is 12.1 Å². The molecule has 0 saturated carbocycles. The van der Waals surface area contributed by atoms with Gasteiger partial charge in [-0.1, -0.05) is 11.6 Å². The number of hydrogen-bond donors (Lipinski definition) is 1. The Kier molecular flexibility index (Phi) is 5.04. The summed E-state index contributed by atoms with van der Waals surface area (Å²) >= 11 is 5.74. The molecule has 1 N–H and O–H groups in total. The molecular weight excluding hydrogens is 302 g/mol. The molecule has 0 radical (unpaired) electrons. The normalized spacial score (nSPS) is 18.9. The van der Waals surface area contributed by atoms with Crippen LogP contribution >= 0.6 is 11.6 Å². The van der Waals surface area contributed by atoms with Gasteiger partial charge in [0.1, 0.15) is 0 Å². The van der Waals surface area contributed by atoms with Crippen LogP contribution in [0.5, 0.6) is 0 Å². The van der Waals surface area contributed by atoms with Crippen molar-refractivity contribution in [1.82, 2.24) is 4.72 Å². The van der Waals surface area contributed by atoms with E-state index < -0.39 is 15.8 Å². The molecule has 0 spiro atoms. The van der Waals surface area contributed by atoms with Crippen molar-refractivity contribution < 1.29 is 17.9 Å². The van der Waals surface area contributed by atoms with Crippen LogP contribution in [-0.2, 0) is 19.5 Å². The maximum atomic E-state index is 12.1. The monoisotopic (exact) mass is 319 g/mol. The molecule has 1 aliphatic rings. The zero-order valence-electron chi connectivity index (χ0n) is 11.3. The zero-order valence-corrected chi connectivity index (χ0v) is 12.8. The summed E-state index contributed by atoms with van der Waals surface area (Å²) in [5.41, 5.74) is 0. The van der Waals surface area contributed by atoms with E-state index in [1.165, 1.54) is 12.1 Å². The lowest BCUT2D eigenvalue weighted by Gasteiger charge is -2.33. The molecule has 112 valence electrons. The highest BCUT2D eigenvalue weighted by atomic mass is 35.5. The van der Waals surface area contributed by atoms with Gasteiger partial charge in [-0.3, -0.25) is 0 Å². The maximum Gasteiger partial charge on any atom is 0.240 e.